The predicted octanol–water partition coefficient (Wildman–Crippen LogP) is 5.14. The monoisotopic (exact) mass is 418 g/mol. The summed E-state index contributed by atoms with van der Waals surface area (Å²) in [5.41, 5.74) is 7.00. The highest BCUT2D eigenvalue weighted by atomic mass is 32.2. The fourth-order valence-electron chi connectivity index (χ4n) is 2.67. The molecule has 7 heteroatoms. The zero-order chi connectivity index (χ0) is 20.1. The van der Waals surface area contributed by atoms with Crippen LogP contribution >= 0.6 is 23.1 Å². The highest BCUT2D eigenvalue weighted by Crippen LogP contribution is 2.31. The molecule has 0 radical (unpaired) electrons. The number of nitrogens with one attached hydrogen (secondary N) is 1. The molecule has 0 fully saturated rings. The van der Waals surface area contributed by atoms with E-state index >= 15 is 0 Å². The van der Waals surface area contributed by atoms with Gasteiger partial charge in [0.05, 0.1) is 15.9 Å². The molecule has 1 N–H and O–H groups in total. The van der Waals surface area contributed by atoms with Crippen molar-refractivity contribution in [2.45, 2.75) is 17.0 Å². The first-order chi connectivity index (χ1) is 14.2. The van der Waals surface area contributed by atoms with Crippen molar-refractivity contribution >= 4 is 44.9 Å². The number of amides is 1. The van der Waals surface area contributed by atoms with Gasteiger partial charge in [-0.3, -0.25) is 9.78 Å². The first-order valence-electron chi connectivity index (χ1n) is 9.01. The third-order valence-corrected chi connectivity index (χ3v) is 6.53. The molecule has 0 atom stereocenters. The Morgan fingerprint density at radius 2 is 1.79 bits per heavy atom. The number of rotatable bonds is 6. The van der Waals surface area contributed by atoms with Gasteiger partial charge in [-0.2, -0.15) is 5.10 Å². The van der Waals surface area contributed by atoms with E-state index in [0.29, 0.717) is 5.56 Å². The zero-order valence-electron chi connectivity index (χ0n) is 15.7. The minimum atomic E-state index is -0.233. The van der Waals surface area contributed by atoms with Crippen LogP contribution in [0.2, 0.25) is 0 Å². The van der Waals surface area contributed by atoms with Crippen molar-refractivity contribution in [3.63, 3.8) is 0 Å². The average molecular weight is 419 g/mol. The van der Waals surface area contributed by atoms with Gasteiger partial charge < -0.3 is 0 Å². The summed E-state index contributed by atoms with van der Waals surface area (Å²) >= 11 is 3.41. The Bertz CT molecular complexity index is 1120. The number of carbonyl (C=O) groups excluding carboxylic acids is 1. The van der Waals surface area contributed by atoms with Gasteiger partial charge in [0.1, 0.15) is 0 Å². The molecular formula is C22H18N4OS2. The molecule has 0 bridgehead atoms. The first-order valence-corrected chi connectivity index (χ1v) is 10.8. The number of aromatic nitrogens is 2. The van der Waals surface area contributed by atoms with Gasteiger partial charge >= 0.3 is 0 Å². The Morgan fingerprint density at radius 3 is 2.55 bits per heavy atom. The lowest BCUT2D eigenvalue weighted by Gasteiger charge is -2.04. The van der Waals surface area contributed by atoms with Gasteiger partial charge in [-0.25, -0.2) is 10.4 Å². The van der Waals surface area contributed by atoms with Crippen molar-refractivity contribution < 1.29 is 4.79 Å². The fourth-order valence-corrected chi connectivity index (χ4v) is 4.69. The Hall–Kier alpha value is -3.03. The van der Waals surface area contributed by atoms with Gasteiger partial charge in [-0.15, -0.1) is 11.3 Å². The molecule has 0 aliphatic heterocycles. The van der Waals surface area contributed by atoms with E-state index in [0.717, 1.165) is 32.4 Å². The van der Waals surface area contributed by atoms with Gasteiger partial charge in [0.25, 0.3) is 5.91 Å². The van der Waals surface area contributed by atoms with E-state index in [1.807, 2.05) is 61.5 Å². The van der Waals surface area contributed by atoms with Crippen LogP contribution in [-0.4, -0.2) is 21.6 Å². The standard InChI is InChI=1S/C22H18N4OS2/c1-15(17-10-12-23-13-11-17)25-26-21(27)18-8-6-16(7-9-18)14-28-22-24-19-4-2-3-5-20(19)29-22/h2-13H,14H2,1H3,(H,26,27)/b25-15+. The van der Waals surface area contributed by atoms with Gasteiger partial charge in [0, 0.05) is 29.3 Å². The largest absolute Gasteiger partial charge is 0.271 e. The van der Waals surface area contributed by atoms with E-state index < -0.39 is 0 Å². The fraction of sp³-hybridized carbons (Fsp3) is 0.0909. The lowest BCUT2D eigenvalue weighted by atomic mass is 10.1. The summed E-state index contributed by atoms with van der Waals surface area (Å²) < 4.78 is 2.25. The van der Waals surface area contributed by atoms with E-state index in [2.05, 4.69) is 26.6 Å². The molecule has 0 saturated carbocycles. The second-order valence-corrected chi connectivity index (χ2v) is 8.56. The number of thiazole rings is 1. The van der Waals surface area contributed by atoms with Gasteiger partial charge in [0.15, 0.2) is 4.34 Å². The maximum atomic E-state index is 12.3. The minimum Gasteiger partial charge on any atom is -0.267 e. The van der Waals surface area contributed by atoms with Crippen LogP contribution in [-0.2, 0) is 5.75 Å². The van der Waals surface area contributed by atoms with E-state index in [1.54, 1.807) is 35.5 Å². The molecule has 4 rings (SSSR count). The van der Waals surface area contributed by atoms with Gasteiger partial charge in [0.2, 0.25) is 0 Å². The topological polar surface area (TPSA) is 67.2 Å². The summed E-state index contributed by atoms with van der Waals surface area (Å²) in [6.07, 6.45) is 3.39. The molecule has 29 heavy (non-hydrogen) atoms. The van der Waals surface area contributed by atoms with Crippen molar-refractivity contribution in [2.75, 3.05) is 0 Å². The smallest absolute Gasteiger partial charge is 0.267 e. The van der Waals surface area contributed by atoms with Crippen molar-refractivity contribution in [2.24, 2.45) is 5.10 Å². The van der Waals surface area contributed by atoms with Crippen molar-refractivity contribution in [3.8, 4) is 0 Å². The molecule has 4 aromatic rings. The van der Waals surface area contributed by atoms with Crippen LogP contribution in [0.4, 0.5) is 0 Å². The van der Waals surface area contributed by atoms with Crippen LogP contribution < -0.4 is 5.43 Å². The third-order valence-electron chi connectivity index (χ3n) is 4.28. The van der Waals surface area contributed by atoms with Crippen LogP contribution in [0.25, 0.3) is 10.2 Å². The molecule has 1 amide bonds. The molecule has 0 spiro atoms. The average Bonchev–Trinajstić information content (AvgIpc) is 3.20. The summed E-state index contributed by atoms with van der Waals surface area (Å²) in [7, 11) is 0. The van der Waals surface area contributed by atoms with E-state index in [1.165, 1.54) is 4.70 Å². The first kappa shape index (κ1) is 19.3. The maximum Gasteiger partial charge on any atom is 0.271 e. The molecule has 0 unspecified atom stereocenters. The summed E-state index contributed by atoms with van der Waals surface area (Å²) in [6.45, 7) is 1.85. The van der Waals surface area contributed by atoms with Gasteiger partial charge in [-0.1, -0.05) is 36.0 Å². The molecule has 144 valence electrons. The summed E-state index contributed by atoms with van der Waals surface area (Å²) in [4.78, 5) is 20.9. The number of hydrogen-bond donors (Lipinski definition) is 1. The lowest BCUT2D eigenvalue weighted by Crippen LogP contribution is -2.19. The highest BCUT2D eigenvalue weighted by Gasteiger charge is 2.07. The minimum absolute atomic E-state index is 0.233. The number of hydrazone groups is 1. The summed E-state index contributed by atoms with van der Waals surface area (Å²) in [6, 6.07) is 19.4. The molecule has 0 aliphatic rings. The highest BCUT2D eigenvalue weighted by molar-refractivity contribution is 8.00. The number of pyridine rings is 1. The van der Waals surface area contributed by atoms with Gasteiger partial charge in [-0.05, 0) is 48.9 Å². The summed E-state index contributed by atoms with van der Waals surface area (Å²) in [5.74, 6) is 0.574. The maximum absolute atomic E-state index is 12.3. The van der Waals surface area contributed by atoms with Crippen LogP contribution in [0.3, 0.4) is 0 Å². The van der Waals surface area contributed by atoms with Crippen molar-refractivity contribution in [3.05, 3.63) is 89.7 Å². The van der Waals surface area contributed by atoms with E-state index in [9.17, 15) is 4.79 Å². The summed E-state index contributed by atoms with van der Waals surface area (Å²) in [5, 5.41) is 4.17. The number of fused-ring (bicyclic) bond motifs is 1. The number of thioether (sulfide) groups is 1. The zero-order valence-corrected chi connectivity index (χ0v) is 17.3. The Labute approximate surface area is 176 Å². The quantitative estimate of drug-likeness (QED) is 0.268. The number of hydrogen-bond acceptors (Lipinski definition) is 6. The third kappa shape index (κ3) is 4.88. The van der Waals surface area contributed by atoms with E-state index in [-0.39, 0.29) is 5.91 Å². The van der Waals surface area contributed by atoms with Crippen LogP contribution in [0.1, 0.15) is 28.4 Å². The molecule has 5 nitrogen and oxygen atoms in total. The Balaban J connectivity index is 1.35. The number of carbonyl (C=O) groups is 1. The molecule has 2 aromatic carbocycles. The second kappa shape index (κ2) is 8.98. The molecule has 2 heterocycles. The number of benzene rings is 2. The predicted molar refractivity (Wildman–Crippen MR) is 120 cm³/mol. The van der Waals surface area contributed by atoms with Crippen LogP contribution in [0, 0.1) is 0 Å². The molecule has 0 aliphatic carbocycles. The number of nitrogens with zero attached hydrogens (tertiary/aromatic N) is 3. The van der Waals surface area contributed by atoms with E-state index in [4.69, 9.17) is 0 Å². The number of para-hydroxylation sites is 1. The Morgan fingerprint density at radius 1 is 1.03 bits per heavy atom. The lowest BCUT2D eigenvalue weighted by molar-refractivity contribution is 0.0955. The normalized spacial score (nSPS) is 11.6. The molecular weight excluding hydrogens is 400 g/mol. The molecule has 0 saturated heterocycles. The van der Waals surface area contributed by atoms with Crippen LogP contribution in [0.5, 0.6) is 0 Å². The van der Waals surface area contributed by atoms with Crippen LogP contribution in [0.15, 0.2) is 82.5 Å². The SMILES string of the molecule is C/C(=N\NC(=O)c1ccc(CSc2nc3ccccc3s2)cc1)c1ccncc1. The van der Waals surface area contributed by atoms with Crippen molar-refractivity contribution in [1.29, 1.82) is 0 Å². The Kier molecular flexibility index (Phi) is 5.97. The molecule has 2 aromatic heterocycles. The van der Waals surface area contributed by atoms with Crippen molar-refractivity contribution in [1.82, 2.24) is 15.4 Å². The second-order valence-electron chi connectivity index (χ2n) is 6.31.